The molecule has 0 aliphatic carbocycles. The highest BCUT2D eigenvalue weighted by Gasteiger charge is 2.23. The van der Waals surface area contributed by atoms with Gasteiger partial charge >= 0.3 is 0 Å². The molecule has 0 aliphatic heterocycles. The lowest BCUT2D eigenvalue weighted by Gasteiger charge is -2.07. The van der Waals surface area contributed by atoms with Crippen LogP contribution >= 0.6 is 22.9 Å². The Hall–Kier alpha value is -2.03. The van der Waals surface area contributed by atoms with Gasteiger partial charge in [0.05, 0.1) is 15.7 Å². The summed E-state index contributed by atoms with van der Waals surface area (Å²) in [6.07, 6.45) is 0. The van der Waals surface area contributed by atoms with Gasteiger partial charge in [-0.15, -0.1) is 11.3 Å². The molecule has 0 atom stereocenters. The quantitative estimate of drug-likeness (QED) is 0.752. The van der Waals surface area contributed by atoms with E-state index in [9.17, 15) is 13.2 Å². The van der Waals surface area contributed by atoms with E-state index in [-0.39, 0.29) is 9.90 Å². The van der Waals surface area contributed by atoms with Crippen molar-refractivity contribution < 1.29 is 8.42 Å². The van der Waals surface area contributed by atoms with Crippen molar-refractivity contribution in [3.8, 4) is 5.69 Å². The van der Waals surface area contributed by atoms with Crippen LogP contribution in [-0.2, 0) is 17.1 Å². The van der Waals surface area contributed by atoms with Crippen LogP contribution in [0.3, 0.4) is 0 Å². The molecule has 0 saturated carbocycles. The van der Waals surface area contributed by atoms with Crippen molar-refractivity contribution in [1.82, 2.24) is 9.36 Å². The zero-order valence-electron chi connectivity index (χ0n) is 12.9. The Balaban J connectivity index is 2.09. The van der Waals surface area contributed by atoms with E-state index in [0.717, 1.165) is 11.3 Å². The molecule has 1 N–H and O–H groups in total. The Labute approximate surface area is 148 Å². The number of rotatable bonds is 4. The predicted molar refractivity (Wildman–Crippen MR) is 95.9 cm³/mol. The van der Waals surface area contributed by atoms with E-state index in [1.54, 1.807) is 30.8 Å². The first kappa shape index (κ1) is 16.8. The lowest BCUT2D eigenvalue weighted by Crippen LogP contribution is -2.22. The number of hydrogen-bond donors (Lipinski definition) is 1. The Morgan fingerprint density at radius 2 is 1.79 bits per heavy atom. The van der Waals surface area contributed by atoms with Crippen LogP contribution in [0.2, 0.25) is 4.34 Å². The van der Waals surface area contributed by atoms with Crippen molar-refractivity contribution >= 4 is 38.6 Å². The fourth-order valence-electron chi connectivity index (χ4n) is 2.31. The van der Waals surface area contributed by atoms with Gasteiger partial charge in [0.15, 0.2) is 0 Å². The maximum absolute atomic E-state index is 12.7. The molecule has 0 radical (unpaired) electrons. The summed E-state index contributed by atoms with van der Waals surface area (Å²) in [5.41, 5.74) is 0.742. The number of hydrogen-bond acceptors (Lipinski definition) is 4. The smallest absolute Gasteiger partial charge is 0.283 e. The second-order valence-corrected chi connectivity index (χ2v) is 8.72. The molecule has 2 heterocycles. The maximum atomic E-state index is 12.7. The number of halogens is 1. The highest BCUT2D eigenvalue weighted by molar-refractivity contribution is 7.94. The average molecular weight is 384 g/mol. The standard InChI is InChI=1S/C15H14ClN3O3S2/c1-10-14(17-24(21,22)13-9-8-12(16)23-13)15(20)19(18(10)2)11-6-4-3-5-7-11/h3-9,17H,1-2H3. The summed E-state index contributed by atoms with van der Waals surface area (Å²) in [6, 6.07) is 11.9. The van der Waals surface area contributed by atoms with Gasteiger partial charge in [0.25, 0.3) is 15.6 Å². The summed E-state index contributed by atoms with van der Waals surface area (Å²) in [5.74, 6) is 0. The molecule has 24 heavy (non-hydrogen) atoms. The summed E-state index contributed by atoms with van der Waals surface area (Å²) in [4.78, 5) is 12.7. The Morgan fingerprint density at radius 3 is 2.38 bits per heavy atom. The lowest BCUT2D eigenvalue weighted by atomic mass is 10.3. The Bertz CT molecular complexity index is 1050. The fourth-order valence-corrected chi connectivity index (χ4v) is 4.91. The van der Waals surface area contributed by atoms with Crippen LogP contribution in [0, 0.1) is 6.92 Å². The molecule has 3 rings (SSSR count). The maximum Gasteiger partial charge on any atom is 0.296 e. The third kappa shape index (κ3) is 2.88. The summed E-state index contributed by atoms with van der Waals surface area (Å²) in [5, 5.41) is 0. The van der Waals surface area contributed by atoms with Crippen LogP contribution in [0.15, 0.2) is 51.5 Å². The normalized spacial score (nSPS) is 11.6. The van der Waals surface area contributed by atoms with Gasteiger partial charge < -0.3 is 0 Å². The van der Waals surface area contributed by atoms with Gasteiger partial charge in [0.1, 0.15) is 9.90 Å². The van der Waals surface area contributed by atoms with Crippen LogP contribution in [0.25, 0.3) is 5.69 Å². The van der Waals surface area contributed by atoms with Crippen LogP contribution in [0.4, 0.5) is 5.69 Å². The molecule has 126 valence electrons. The molecule has 0 spiro atoms. The molecule has 0 saturated heterocycles. The number of nitrogens with one attached hydrogen (secondary N) is 1. The third-order valence-corrected chi connectivity index (χ3v) is 6.68. The molecular formula is C15H14ClN3O3S2. The van der Waals surface area contributed by atoms with Gasteiger partial charge in [-0.3, -0.25) is 14.2 Å². The molecule has 9 heteroatoms. The van der Waals surface area contributed by atoms with Gasteiger partial charge in [-0.1, -0.05) is 29.8 Å². The van der Waals surface area contributed by atoms with E-state index in [1.807, 2.05) is 18.2 Å². The van der Waals surface area contributed by atoms with Gasteiger partial charge in [-0.25, -0.2) is 13.1 Å². The number of para-hydroxylation sites is 1. The third-order valence-electron chi connectivity index (χ3n) is 3.60. The van der Waals surface area contributed by atoms with Crippen molar-refractivity contribution in [3.63, 3.8) is 0 Å². The molecule has 0 fully saturated rings. The molecular weight excluding hydrogens is 370 g/mol. The first-order valence-electron chi connectivity index (χ1n) is 6.93. The molecule has 3 aromatic rings. The minimum atomic E-state index is -3.87. The second-order valence-electron chi connectivity index (χ2n) is 5.10. The number of aromatic nitrogens is 2. The van der Waals surface area contributed by atoms with Crippen LogP contribution in [0.5, 0.6) is 0 Å². The predicted octanol–water partition coefficient (Wildman–Crippen LogP) is 3.00. The minimum Gasteiger partial charge on any atom is -0.283 e. The van der Waals surface area contributed by atoms with Crippen molar-refractivity contribution in [2.45, 2.75) is 11.1 Å². The number of thiophene rings is 1. The fraction of sp³-hybridized carbons (Fsp3) is 0.133. The summed E-state index contributed by atoms with van der Waals surface area (Å²) >= 11 is 6.73. The van der Waals surface area contributed by atoms with Crippen LogP contribution in [0.1, 0.15) is 5.69 Å². The van der Waals surface area contributed by atoms with Crippen molar-refractivity contribution in [2.24, 2.45) is 7.05 Å². The zero-order valence-corrected chi connectivity index (χ0v) is 15.2. The highest BCUT2D eigenvalue weighted by atomic mass is 35.5. The molecule has 0 bridgehead atoms. The Morgan fingerprint density at radius 1 is 1.12 bits per heavy atom. The van der Waals surface area contributed by atoms with Crippen molar-refractivity contribution in [2.75, 3.05) is 4.72 Å². The largest absolute Gasteiger partial charge is 0.296 e. The minimum absolute atomic E-state index is 0.0193. The zero-order chi connectivity index (χ0) is 17.5. The van der Waals surface area contributed by atoms with E-state index >= 15 is 0 Å². The van der Waals surface area contributed by atoms with Crippen LogP contribution < -0.4 is 10.3 Å². The highest BCUT2D eigenvalue weighted by Crippen LogP contribution is 2.27. The number of anilines is 1. The number of nitrogens with zero attached hydrogens (tertiary/aromatic N) is 2. The summed E-state index contributed by atoms with van der Waals surface area (Å²) in [6.45, 7) is 1.68. The molecule has 0 amide bonds. The SMILES string of the molecule is Cc1c(NS(=O)(=O)c2ccc(Cl)s2)c(=O)n(-c2ccccc2)n1C. The van der Waals surface area contributed by atoms with Crippen LogP contribution in [-0.4, -0.2) is 17.8 Å². The molecule has 0 aliphatic rings. The lowest BCUT2D eigenvalue weighted by molar-refractivity contribution is 0.603. The van der Waals surface area contributed by atoms with E-state index < -0.39 is 15.6 Å². The number of sulfonamides is 1. The first-order valence-corrected chi connectivity index (χ1v) is 9.61. The van der Waals surface area contributed by atoms with Gasteiger partial charge in [0.2, 0.25) is 0 Å². The average Bonchev–Trinajstić information content (AvgIpc) is 3.07. The second kappa shape index (κ2) is 6.12. The summed E-state index contributed by atoms with van der Waals surface area (Å²) in [7, 11) is -2.17. The molecule has 6 nitrogen and oxygen atoms in total. The van der Waals surface area contributed by atoms with Crippen molar-refractivity contribution in [1.29, 1.82) is 0 Å². The monoisotopic (exact) mass is 383 g/mol. The molecule has 0 unspecified atom stereocenters. The summed E-state index contributed by atoms with van der Waals surface area (Å²) < 4.78 is 30.7. The van der Waals surface area contributed by atoms with Gasteiger partial charge in [0, 0.05) is 7.05 Å². The van der Waals surface area contributed by atoms with E-state index in [0.29, 0.717) is 15.7 Å². The van der Waals surface area contributed by atoms with Crippen molar-refractivity contribution in [3.05, 3.63) is 62.8 Å². The van der Waals surface area contributed by atoms with E-state index in [1.165, 1.54) is 16.8 Å². The molecule has 2 aromatic heterocycles. The first-order chi connectivity index (χ1) is 11.3. The van der Waals surface area contributed by atoms with E-state index in [2.05, 4.69) is 4.72 Å². The topological polar surface area (TPSA) is 73.1 Å². The number of benzene rings is 1. The van der Waals surface area contributed by atoms with E-state index in [4.69, 9.17) is 11.6 Å². The van der Waals surface area contributed by atoms with Gasteiger partial charge in [-0.2, -0.15) is 0 Å². The molecule has 1 aromatic carbocycles. The van der Waals surface area contributed by atoms with Gasteiger partial charge in [-0.05, 0) is 31.2 Å². The Kier molecular flexibility index (Phi) is 4.29.